The van der Waals surface area contributed by atoms with Gasteiger partial charge in [-0.15, -0.1) is 0 Å². The minimum atomic E-state index is -0.716. The molecule has 7 aromatic rings. The predicted octanol–water partition coefficient (Wildman–Crippen LogP) is 8.79. The lowest BCUT2D eigenvalue weighted by Crippen LogP contribution is -1.95. The van der Waals surface area contributed by atoms with Crippen LogP contribution in [-0.4, -0.2) is 26.0 Å². The fraction of sp³-hybridized carbons (Fsp3) is 0.200. The van der Waals surface area contributed by atoms with Crippen LogP contribution in [0.15, 0.2) is 91.0 Å². The summed E-state index contributed by atoms with van der Waals surface area (Å²) in [4.78, 5) is 0. The SMILES string of the molecule is Cn1c2c3c(c4c(c2n(C)p1-c1ccccc1)n(C)p(-c1ccccc1)n4C)n(C)p(-c1ccccc1)n3C. The van der Waals surface area contributed by atoms with Crippen LogP contribution in [0, 0.1) is 0 Å². The Morgan fingerprint density at radius 2 is 0.487 bits per heavy atom. The van der Waals surface area contributed by atoms with Gasteiger partial charge < -0.3 is 26.0 Å². The number of fused-ring (bicyclic) bond motifs is 6. The molecule has 3 heterocycles. The fourth-order valence-corrected chi connectivity index (χ4v) is 13.3. The van der Waals surface area contributed by atoms with Crippen molar-refractivity contribution in [3.8, 4) is 15.9 Å². The Bertz CT molecular complexity index is 1700. The molecule has 0 aliphatic carbocycles. The van der Waals surface area contributed by atoms with Gasteiger partial charge >= 0.3 is 0 Å². The molecule has 6 nitrogen and oxygen atoms in total. The van der Waals surface area contributed by atoms with E-state index < -0.39 is 23.6 Å². The molecule has 0 bridgehead atoms. The summed E-state index contributed by atoms with van der Waals surface area (Å²) in [6.07, 6.45) is 0. The van der Waals surface area contributed by atoms with Crippen LogP contribution >= 0.6 is 23.6 Å². The Labute approximate surface area is 231 Å². The average Bonchev–Trinajstić information content (AvgIpc) is 3.48. The summed E-state index contributed by atoms with van der Waals surface area (Å²) in [6.45, 7) is 0. The van der Waals surface area contributed by atoms with Gasteiger partial charge in [0.05, 0.1) is 56.7 Å². The molecule has 39 heavy (non-hydrogen) atoms. The molecular weight excluding hydrogens is 537 g/mol. The van der Waals surface area contributed by atoms with Crippen LogP contribution in [0.1, 0.15) is 0 Å². The van der Waals surface area contributed by atoms with Crippen molar-refractivity contribution in [2.24, 2.45) is 42.3 Å². The number of benzene rings is 4. The zero-order valence-electron chi connectivity index (χ0n) is 23.2. The third kappa shape index (κ3) is 3.36. The molecule has 9 heteroatoms. The molecule has 0 radical (unpaired) electrons. The van der Waals surface area contributed by atoms with E-state index in [1.165, 1.54) is 49.0 Å². The van der Waals surface area contributed by atoms with Crippen molar-refractivity contribution in [2.75, 3.05) is 0 Å². The first-order valence-electron chi connectivity index (χ1n) is 13.1. The minimum absolute atomic E-state index is 0.716. The first-order valence-corrected chi connectivity index (χ1v) is 16.9. The number of aromatic nitrogens is 6. The van der Waals surface area contributed by atoms with Crippen molar-refractivity contribution in [2.45, 2.75) is 0 Å². The van der Waals surface area contributed by atoms with Crippen molar-refractivity contribution in [1.29, 1.82) is 0 Å². The highest BCUT2D eigenvalue weighted by Crippen LogP contribution is 2.54. The third-order valence-corrected chi connectivity index (χ3v) is 14.8. The Morgan fingerprint density at radius 3 is 0.667 bits per heavy atom. The maximum atomic E-state index is 2.56. The average molecular weight is 571 g/mol. The van der Waals surface area contributed by atoms with E-state index in [1.54, 1.807) is 0 Å². The Kier molecular flexibility index (Phi) is 5.72. The molecule has 0 aliphatic heterocycles. The largest absolute Gasteiger partial charge is 0.315 e. The van der Waals surface area contributed by atoms with Crippen LogP contribution in [-0.2, 0) is 42.3 Å². The summed E-state index contributed by atoms with van der Waals surface area (Å²) in [5.41, 5.74) is 8.09. The van der Waals surface area contributed by atoms with Crippen LogP contribution in [0.5, 0.6) is 0 Å². The second kappa shape index (κ2) is 9.07. The van der Waals surface area contributed by atoms with Gasteiger partial charge in [-0.25, -0.2) is 0 Å². The summed E-state index contributed by atoms with van der Waals surface area (Å²) < 4.78 is 15.4. The van der Waals surface area contributed by atoms with Gasteiger partial charge in [-0.3, -0.25) is 0 Å². The van der Waals surface area contributed by atoms with E-state index in [-0.39, 0.29) is 0 Å². The van der Waals surface area contributed by atoms with E-state index in [1.807, 2.05) is 0 Å². The second-order valence-electron chi connectivity index (χ2n) is 10.1. The van der Waals surface area contributed by atoms with Gasteiger partial charge in [-0.1, -0.05) is 54.6 Å². The van der Waals surface area contributed by atoms with E-state index in [4.69, 9.17) is 0 Å². The number of hydrogen-bond acceptors (Lipinski definition) is 0. The van der Waals surface area contributed by atoms with Crippen LogP contribution in [0.3, 0.4) is 0 Å². The monoisotopic (exact) mass is 570 g/mol. The highest BCUT2D eigenvalue weighted by atomic mass is 31.1. The number of rotatable bonds is 3. The number of nitrogens with zero attached hydrogens (tertiary/aromatic N) is 6. The molecule has 0 spiro atoms. The number of hydrogen-bond donors (Lipinski definition) is 0. The lowest BCUT2D eigenvalue weighted by Gasteiger charge is -2.08. The van der Waals surface area contributed by atoms with Crippen molar-refractivity contribution in [3.05, 3.63) is 91.0 Å². The van der Waals surface area contributed by atoms with Gasteiger partial charge in [0.25, 0.3) is 0 Å². The third-order valence-electron chi connectivity index (χ3n) is 7.95. The lowest BCUT2D eigenvalue weighted by molar-refractivity contribution is 1.03. The molecule has 3 aromatic heterocycles. The first kappa shape index (κ1) is 24.6. The molecular formula is C30H33N6P3. The zero-order valence-corrected chi connectivity index (χ0v) is 25.9. The highest BCUT2D eigenvalue weighted by molar-refractivity contribution is 7.52. The summed E-state index contributed by atoms with van der Waals surface area (Å²) in [7, 11) is 11.6. The standard InChI is InChI=1S/C30H33N6P3/c1-31-25-26(32(2)37(31)22-16-10-7-11-17-22)28-30(36(6)39(34(28)4)24-20-14-9-15-21-24)29-27(25)33(3)38(35(29)5)23-18-12-8-13-19-23/h7-21H,1-6H3. The summed E-state index contributed by atoms with van der Waals surface area (Å²) in [5.74, 6) is 0. The summed E-state index contributed by atoms with van der Waals surface area (Å²) in [6, 6.07) is 33.0. The molecule has 0 fully saturated rings. The normalized spacial score (nSPS) is 13.2. The predicted molar refractivity (Wildman–Crippen MR) is 171 cm³/mol. The quantitative estimate of drug-likeness (QED) is 0.203. The van der Waals surface area contributed by atoms with E-state index in [0.717, 1.165) is 0 Å². The van der Waals surface area contributed by atoms with Gasteiger partial charge in [0.15, 0.2) is 0 Å². The molecule has 0 saturated carbocycles. The van der Waals surface area contributed by atoms with Crippen LogP contribution in [0.4, 0.5) is 0 Å². The van der Waals surface area contributed by atoms with Gasteiger partial charge in [-0.05, 0) is 36.4 Å². The van der Waals surface area contributed by atoms with Gasteiger partial charge in [0.2, 0.25) is 0 Å². The van der Waals surface area contributed by atoms with Crippen molar-refractivity contribution in [3.63, 3.8) is 0 Å². The molecule has 7 rings (SSSR count). The van der Waals surface area contributed by atoms with Crippen LogP contribution < -0.4 is 0 Å². The van der Waals surface area contributed by atoms with Crippen molar-refractivity contribution in [1.82, 2.24) is 26.0 Å². The molecule has 0 N–H and O–H groups in total. The van der Waals surface area contributed by atoms with Gasteiger partial charge in [0.1, 0.15) is 0 Å². The first-order chi connectivity index (χ1) is 18.9. The van der Waals surface area contributed by atoms with E-state index in [2.05, 4.69) is 159 Å². The minimum Gasteiger partial charge on any atom is -0.315 e. The topological polar surface area (TPSA) is 29.6 Å². The second-order valence-corrected chi connectivity index (χ2v) is 17.0. The molecule has 0 saturated heterocycles. The maximum Gasteiger partial charge on any atom is 0.0980 e. The number of aryl methyl sites for hydroxylation is 6. The van der Waals surface area contributed by atoms with E-state index >= 15 is 0 Å². The molecule has 0 amide bonds. The summed E-state index contributed by atoms with van der Waals surface area (Å²) >= 11 is 0. The van der Waals surface area contributed by atoms with E-state index in [0.29, 0.717) is 0 Å². The van der Waals surface area contributed by atoms with Crippen LogP contribution in [0.2, 0.25) is 0 Å². The molecule has 198 valence electrons. The fourth-order valence-electron chi connectivity index (χ4n) is 6.41. The maximum absolute atomic E-state index is 2.56. The molecule has 0 aliphatic rings. The van der Waals surface area contributed by atoms with Gasteiger partial charge in [0, 0.05) is 58.2 Å². The lowest BCUT2D eigenvalue weighted by atomic mass is 10.2. The molecule has 0 unspecified atom stereocenters. The Balaban J connectivity index is 1.78. The Hall–Kier alpha value is -3.42. The van der Waals surface area contributed by atoms with E-state index in [9.17, 15) is 0 Å². The van der Waals surface area contributed by atoms with Gasteiger partial charge in [-0.2, -0.15) is 0 Å². The zero-order chi connectivity index (χ0) is 27.0. The molecule has 4 aromatic carbocycles. The Morgan fingerprint density at radius 1 is 0.308 bits per heavy atom. The highest BCUT2D eigenvalue weighted by Gasteiger charge is 2.28. The van der Waals surface area contributed by atoms with Crippen molar-refractivity contribution < 1.29 is 0 Å². The summed E-state index contributed by atoms with van der Waals surface area (Å²) in [5, 5.41) is 4.11. The van der Waals surface area contributed by atoms with Crippen LogP contribution in [0.25, 0.3) is 49.0 Å². The van der Waals surface area contributed by atoms with Crippen molar-refractivity contribution >= 4 is 56.7 Å². The molecule has 0 atom stereocenters. The smallest absolute Gasteiger partial charge is 0.0980 e.